The van der Waals surface area contributed by atoms with Crippen molar-refractivity contribution in [3.05, 3.63) is 71.4 Å². The monoisotopic (exact) mass is 441 g/mol. The van der Waals surface area contributed by atoms with Crippen LogP contribution in [0.3, 0.4) is 0 Å². The fourth-order valence-electron chi connectivity index (χ4n) is 3.86. The summed E-state index contributed by atoms with van der Waals surface area (Å²) in [6, 6.07) is 12.3. The van der Waals surface area contributed by atoms with Crippen molar-refractivity contribution in [2.24, 2.45) is 0 Å². The largest absolute Gasteiger partial charge is 0.351 e. The van der Waals surface area contributed by atoms with Crippen molar-refractivity contribution in [3.63, 3.8) is 0 Å². The molecule has 1 aliphatic rings. The Morgan fingerprint density at radius 3 is 2.58 bits per heavy atom. The van der Waals surface area contributed by atoms with Gasteiger partial charge in [0.2, 0.25) is 0 Å². The summed E-state index contributed by atoms with van der Waals surface area (Å²) in [7, 11) is 0. The molecule has 3 heterocycles. The molecular weight excluding hydrogens is 424 g/mol. The third kappa shape index (κ3) is 3.63. The molecule has 1 fully saturated rings. The Morgan fingerprint density at radius 2 is 1.81 bits per heavy atom. The number of hydrogen-bond donors (Lipinski definition) is 1. The van der Waals surface area contributed by atoms with Gasteiger partial charge in [0.05, 0.1) is 21.6 Å². The standard InChI is InChI=1S/C22H18ClF2N5O/c23-16-13-15(4-5-17(16)25)26-22(31)29-10-8-28(9-11-29)21-20-2-1-7-30(20)19-6-3-14(24)12-18(19)27-21/h1-7,12-13H,8-11H2,(H,26,31). The fraction of sp³-hybridized carbons (Fsp3) is 0.182. The number of piperazine rings is 1. The molecule has 0 saturated carbocycles. The number of carbonyl (C=O) groups excluding carboxylic acids is 1. The zero-order valence-electron chi connectivity index (χ0n) is 16.4. The molecule has 2 aromatic carbocycles. The number of carbonyl (C=O) groups is 1. The highest BCUT2D eigenvalue weighted by atomic mass is 35.5. The Balaban J connectivity index is 1.34. The van der Waals surface area contributed by atoms with Gasteiger partial charge in [-0.25, -0.2) is 18.6 Å². The van der Waals surface area contributed by atoms with E-state index >= 15 is 0 Å². The number of nitrogens with one attached hydrogen (secondary N) is 1. The summed E-state index contributed by atoms with van der Waals surface area (Å²) in [6.45, 7) is 2.12. The van der Waals surface area contributed by atoms with E-state index < -0.39 is 5.82 Å². The number of halogens is 3. The highest BCUT2D eigenvalue weighted by molar-refractivity contribution is 6.31. The molecule has 1 aliphatic heterocycles. The number of aromatic nitrogens is 2. The average Bonchev–Trinajstić information content (AvgIpc) is 3.26. The number of benzene rings is 2. The highest BCUT2D eigenvalue weighted by Crippen LogP contribution is 2.27. The molecule has 0 aliphatic carbocycles. The fourth-order valence-corrected chi connectivity index (χ4v) is 4.05. The van der Waals surface area contributed by atoms with Gasteiger partial charge in [-0.15, -0.1) is 0 Å². The molecule has 2 amide bonds. The lowest BCUT2D eigenvalue weighted by Crippen LogP contribution is -2.50. The molecule has 0 radical (unpaired) electrons. The minimum absolute atomic E-state index is 0.0438. The topological polar surface area (TPSA) is 52.9 Å². The Bertz CT molecular complexity index is 1300. The first-order valence-corrected chi connectivity index (χ1v) is 10.2. The van der Waals surface area contributed by atoms with E-state index in [-0.39, 0.29) is 16.9 Å². The average molecular weight is 442 g/mol. The molecule has 0 unspecified atom stereocenters. The van der Waals surface area contributed by atoms with E-state index in [4.69, 9.17) is 16.6 Å². The second-order valence-electron chi connectivity index (χ2n) is 7.37. The molecule has 0 bridgehead atoms. The van der Waals surface area contributed by atoms with E-state index in [1.165, 1.54) is 30.3 Å². The molecule has 0 atom stereocenters. The lowest BCUT2D eigenvalue weighted by molar-refractivity contribution is 0.208. The zero-order chi connectivity index (χ0) is 21.5. The number of anilines is 2. The maximum absolute atomic E-state index is 13.8. The molecule has 1 saturated heterocycles. The molecule has 31 heavy (non-hydrogen) atoms. The summed E-state index contributed by atoms with van der Waals surface area (Å²) in [5, 5.41) is 2.70. The lowest BCUT2D eigenvalue weighted by atomic mass is 10.2. The first-order chi connectivity index (χ1) is 15.0. The molecule has 1 N–H and O–H groups in total. The summed E-state index contributed by atoms with van der Waals surface area (Å²) in [4.78, 5) is 21.1. The summed E-state index contributed by atoms with van der Waals surface area (Å²) >= 11 is 5.78. The molecular formula is C22H18ClF2N5O. The SMILES string of the molecule is O=C(Nc1ccc(F)c(Cl)c1)N1CCN(c2nc3cc(F)ccc3n3cccc23)CC1. The van der Waals surface area contributed by atoms with Gasteiger partial charge in [-0.2, -0.15) is 0 Å². The van der Waals surface area contributed by atoms with Crippen LogP contribution < -0.4 is 10.2 Å². The lowest BCUT2D eigenvalue weighted by Gasteiger charge is -2.35. The van der Waals surface area contributed by atoms with E-state index in [9.17, 15) is 13.6 Å². The summed E-state index contributed by atoms with van der Waals surface area (Å²) < 4.78 is 29.1. The molecule has 0 spiro atoms. The van der Waals surface area contributed by atoms with Gasteiger partial charge < -0.3 is 19.5 Å². The van der Waals surface area contributed by atoms with Crippen molar-refractivity contribution < 1.29 is 13.6 Å². The van der Waals surface area contributed by atoms with Gasteiger partial charge in [-0.1, -0.05) is 11.6 Å². The Labute approximate surface area is 181 Å². The number of urea groups is 1. The normalized spacial score (nSPS) is 14.4. The van der Waals surface area contributed by atoms with Crippen LogP contribution in [-0.2, 0) is 0 Å². The molecule has 158 valence electrons. The molecule has 6 nitrogen and oxygen atoms in total. The number of amides is 2. The van der Waals surface area contributed by atoms with Crippen LogP contribution in [0.1, 0.15) is 0 Å². The quantitative estimate of drug-likeness (QED) is 0.487. The van der Waals surface area contributed by atoms with Crippen molar-refractivity contribution in [2.45, 2.75) is 0 Å². The maximum atomic E-state index is 13.8. The van der Waals surface area contributed by atoms with Crippen LogP contribution in [0.5, 0.6) is 0 Å². The number of nitrogens with zero attached hydrogens (tertiary/aromatic N) is 4. The van der Waals surface area contributed by atoms with Crippen LogP contribution in [-0.4, -0.2) is 46.5 Å². The van der Waals surface area contributed by atoms with Gasteiger partial charge in [0.1, 0.15) is 11.6 Å². The van der Waals surface area contributed by atoms with E-state index in [1.807, 2.05) is 22.7 Å². The number of hydrogen-bond acceptors (Lipinski definition) is 3. The van der Waals surface area contributed by atoms with Crippen molar-refractivity contribution in [1.82, 2.24) is 14.3 Å². The molecule has 4 aromatic rings. The third-order valence-electron chi connectivity index (χ3n) is 5.44. The minimum Gasteiger partial charge on any atom is -0.351 e. The van der Waals surface area contributed by atoms with E-state index in [0.717, 1.165) is 16.9 Å². The van der Waals surface area contributed by atoms with Crippen LogP contribution >= 0.6 is 11.6 Å². The second kappa shape index (κ2) is 7.70. The van der Waals surface area contributed by atoms with Crippen LogP contribution in [0, 0.1) is 11.6 Å². The second-order valence-corrected chi connectivity index (χ2v) is 7.77. The Kier molecular flexibility index (Phi) is 4.86. The van der Waals surface area contributed by atoms with Gasteiger partial charge in [0.15, 0.2) is 5.82 Å². The maximum Gasteiger partial charge on any atom is 0.321 e. The van der Waals surface area contributed by atoms with Crippen LogP contribution in [0.4, 0.5) is 25.1 Å². The van der Waals surface area contributed by atoms with Crippen molar-refractivity contribution >= 4 is 45.7 Å². The first-order valence-electron chi connectivity index (χ1n) is 9.82. The van der Waals surface area contributed by atoms with Crippen molar-refractivity contribution in [2.75, 3.05) is 36.4 Å². The van der Waals surface area contributed by atoms with Gasteiger partial charge in [-0.3, -0.25) is 0 Å². The predicted octanol–water partition coefficient (Wildman–Crippen LogP) is 4.77. The van der Waals surface area contributed by atoms with Crippen LogP contribution in [0.15, 0.2) is 54.7 Å². The van der Waals surface area contributed by atoms with Crippen LogP contribution in [0.25, 0.3) is 16.6 Å². The Morgan fingerprint density at radius 1 is 1.00 bits per heavy atom. The summed E-state index contributed by atoms with van der Waals surface area (Å²) in [5.74, 6) is -0.110. The van der Waals surface area contributed by atoms with Gasteiger partial charge in [-0.05, 0) is 42.5 Å². The molecule has 5 rings (SSSR count). The Hall–Kier alpha value is -3.39. The van der Waals surface area contributed by atoms with E-state index in [2.05, 4.69) is 10.2 Å². The van der Waals surface area contributed by atoms with Crippen molar-refractivity contribution in [3.8, 4) is 0 Å². The van der Waals surface area contributed by atoms with Crippen molar-refractivity contribution in [1.29, 1.82) is 0 Å². The predicted molar refractivity (Wildman–Crippen MR) is 117 cm³/mol. The zero-order valence-corrected chi connectivity index (χ0v) is 17.1. The number of rotatable bonds is 2. The van der Waals surface area contributed by atoms with Gasteiger partial charge >= 0.3 is 6.03 Å². The van der Waals surface area contributed by atoms with Gasteiger partial charge in [0, 0.05) is 44.1 Å². The minimum atomic E-state index is -0.534. The number of fused-ring (bicyclic) bond motifs is 3. The summed E-state index contributed by atoms with van der Waals surface area (Å²) in [5.41, 5.74) is 2.78. The third-order valence-corrected chi connectivity index (χ3v) is 5.73. The highest BCUT2D eigenvalue weighted by Gasteiger charge is 2.24. The summed E-state index contributed by atoms with van der Waals surface area (Å²) in [6.07, 6.45) is 1.93. The molecule has 2 aromatic heterocycles. The van der Waals surface area contributed by atoms with E-state index in [0.29, 0.717) is 37.4 Å². The first kappa shape index (κ1) is 19.6. The van der Waals surface area contributed by atoms with Crippen LogP contribution in [0.2, 0.25) is 5.02 Å². The smallest absolute Gasteiger partial charge is 0.321 e. The van der Waals surface area contributed by atoms with E-state index in [1.54, 1.807) is 11.0 Å². The molecule has 9 heteroatoms. The van der Waals surface area contributed by atoms with Gasteiger partial charge in [0.25, 0.3) is 0 Å².